The molecule has 1 N–H and O–H groups in total. The van der Waals surface area contributed by atoms with Crippen molar-refractivity contribution in [2.75, 3.05) is 5.32 Å². The molecule has 1 fully saturated rings. The number of anilines is 1. The van der Waals surface area contributed by atoms with Crippen LogP contribution in [0.2, 0.25) is 0 Å². The van der Waals surface area contributed by atoms with Crippen molar-refractivity contribution in [1.82, 2.24) is 20.2 Å². The number of hydrogen-bond donors (Lipinski definition) is 1. The van der Waals surface area contributed by atoms with Gasteiger partial charge in [0.25, 0.3) is 0 Å². The number of nitrogens with one attached hydrogen (secondary N) is 1. The van der Waals surface area contributed by atoms with Crippen LogP contribution in [0.4, 0.5) is 5.69 Å². The SMILES string of the molecule is c1cc(NC(c2cccs2)C2CC2)cc(-n2cnnn2)c1. The smallest absolute Gasteiger partial charge is 0.143 e. The molecule has 1 aliphatic rings. The molecule has 1 unspecified atom stereocenters. The quantitative estimate of drug-likeness (QED) is 0.785. The molecule has 21 heavy (non-hydrogen) atoms. The first-order valence-electron chi connectivity index (χ1n) is 7.03. The molecule has 0 spiro atoms. The van der Waals surface area contributed by atoms with Crippen molar-refractivity contribution in [3.05, 3.63) is 53.0 Å². The van der Waals surface area contributed by atoms with Gasteiger partial charge in [-0.3, -0.25) is 0 Å². The molecule has 5 nitrogen and oxygen atoms in total. The molecular formula is C15H15N5S. The van der Waals surface area contributed by atoms with Crippen LogP contribution in [0.1, 0.15) is 23.8 Å². The molecule has 106 valence electrons. The van der Waals surface area contributed by atoms with Crippen LogP contribution in [0, 0.1) is 5.92 Å². The van der Waals surface area contributed by atoms with Crippen LogP contribution in [-0.2, 0) is 0 Å². The summed E-state index contributed by atoms with van der Waals surface area (Å²) in [5, 5.41) is 17.1. The van der Waals surface area contributed by atoms with Crippen molar-refractivity contribution in [1.29, 1.82) is 0 Å². The van der Waals surface area contributed by atoms with E-state index in [0.29, 0.717) is 6.04 Å². The monoisotopic (exact) mass is 297 g/mol. The first kappa shape index (κ1) is 12.5. The van der Waals surface area contributed by atoms with E-state index in [0.717, 1.165) is 17.3 Å². The lowest BCUT2D eigenvalue weighted by Crippen LogP contribution is -2.11. The fraction of sp³-hybridized carbons (Fsp3) is 0.267. The molecule has 6 heteroatoms. The lowest BCUT2D eigenvalue weighted by atomic mass is 10.1. The van der Waals surface area contributed by atoms with Gasteiger partial charge in [-0.1, -0.05) is 12.1 Å². The van der Waals surface area contributed by atoms with Crippen LogP contribution in [0.5, 0.6) is 0 Å². The Morgan fingerprint density at radius 3 is 2.90 bits per heavy atom. The van der Waals surface area contributed by atoms with Crippen molar-refractivity contribution in [3.63, 3.8) is 0 Å². The summed E-state index contributed by atoms with van der Waals surface area (Å²) < 4.78 is 1.67. The summed E-state index contributed by atoms with van der Waals surface area (Å²) in [5.74, 6) is 0.750. The number of aromatic nitrogens is 4. The van der Waals surface area contributed by atoms with Crippen molar-refractivity contribution >= 4 is 17.0 Å². The molecule has 0 amide bonds. The van der Waals surface area contributed by atoms with E-state index >= 15 is 0 Å². The highest BCUT2D eigenvalue weighted by Crippen LogP contribution is 2.44. The maximum Gasteiger partial charge on any atom is 0.143 e. The van der Waals surface area contributed by atoms with Crippen LogP contribution in [0.15, 0.2) is 48.1 Å². The number of rotatable bonds is 5. The third-order valence-electron chi connectivity index (χ3n) is 3.73. The first-order valence-corrected chi connectivity index (χ1v) is 7.91. The standard InChI is InChI=1S/C15H15N5S/c1-3-12(9-13(4-1)20-10-16-18-19-20)17-15(11-6-7-11)14-5-2-8-21-14/h1-5,8-11,15,17H,6-7H2. The molecular weight excluding hydrogens is 282 g/mol. The van der Waals surface area contributed by atoms with Crippen molar-refractivity contribution < 1.29 is 0 Å². The highest BCUT2D eigenvalue weighted by molar-refractivity contribution is 7.10. The molecule has 1 atom stereocenters. The zero-order valence-corrected chi connectivity index (χ0v) is 12.2. The zero-order valence-electron chi connectivity index (χ0n) is 11.4. The summed E-state index contributed by atoms with van der Waals surface area (Å²) in [6, 6.07) is 12.9. The average molecular weight is 297 g/mol. The van der Waals surface area contributed by atoms with E-state index in [2.05, 4.69) is 50.5 Å². The molecule has 4 rings (SSSR count). The number of nitrogens with zero attached hydrogens (tertiary/aromatic N) is 4. The Balaban J connectivity index is 1.60. The Morgan fingerprint density at radius 2 is 2.19 bits per heavy atom. The molecule has 1 aliphatic carbocycles. The second-order valence-electron chi connectivity index (χ2n) is 5.28. The summed E-state index contributed by atoms with van der Waals surface area (Å²) in [4.78, 5) is 1.41. The number of thiophene rings is 1. The molecule has 3 aromatic rings. The largest absolute Gasteiger partial charge is 0.377 e. The van der Waals surface area contributed by atoms with Crippen LogP contribution in [-0.4, -0.2) is 20.2 Å². The highest BCUT2D eigenvalue weighted by atomic mass is 32.1. The average Bonchev–Trinajstić information content (AvgIpc) is 3.01. The first-order chi connectivity index (χ1) is 10.4. The number of benzene rings is 1. The van der Waals surface area contributed by atoms with E-state index in [1.807, 2.05) is 23.5 Å². The summed E-state index contributed by atoms with van der Waals surface area (Å²) in [5.41, 5.74) is 2.07. The maximum atomic E-state index is 3.93. The van der Waals surface area contributed by atoms with Gasteiger partial charge >= 0.3 is 0 Å². The molecule has 0 aliphatic heterocycles. The molecule has 0 radical (unpaired) electrons. The van der Waals surface area contributed by atoms with Crippen LogP contribution < -0.4 is 5.32 Å². The summed E-state index contributed by atoms with van der Waals surface area (Å²) >= 11 is 1.82. The fourth-order valence-electron chi connectivity index (χ4n) is 2.52. The molecule has 1 saturated carbocycles. The Kier molecular flexibility index (Phi) is 3.16. The highest BCUT2D eigenvalue weighted by Gasteiger charge is 2.32. The molecule has 0 saturated heterocycles. The summed E-state index contributed by atoms with van der Waals surface area (Å²) in [7, 11) is 0. The molecule has 0 bridgehead atoms. The number of hydrogen-bond acceptors (Lipinski definition) is 5. The van der Waals surface area contributed by atoms with Crippen LogP contribution in [0.3, 0.4) is 0 Å². The van der Waals surface area contributed by atoms with Gasteiger partial charge in [-0.25, -0.2) is 4.68 Å². The van der Waals surface area contributed by atoms with E-state index in [1.54, 1.807) is 11.0 Å². The Labute approximate surface area is 126 Å². The van der Waals surface area contributed by atoms with Gasteiger partial charge in [0.2, 0.25) is 0 Å². The van der Waals surface area contributed by atoms with E-state index in [1.165, 1.54) is 17.7 Å². The Bertz CT molecular complexity index is 704. The molecule has 2 aromatic heterocycles. The fourth-order valence-corrected chi connectivity index (χ4v) is 3.39. The van der Waals surface area contributed by atoms with Gasteiger partial charge in [-0.05, 0) is 58.8 Å². The van der Waals surface area contributed by atoms with E-state index in [-0.39, 0.29) is 0 Å². The predicted octanol–water partition coefficient (Wildman–Crippen LogP) is 3.29. The third kappa shape index (κ3) is 2.67. The normalized spacial score (nSPS) is 15.8. The molecule has 1 aromatic carbocycles. The van der Waals surface area contributed by atoms with Gasteiger partial charge in [-0.15, -0.1) is 16.4 Å². The van der Waals surface area contributed by atoms with Crippen LogP contribution in [0.25, 0.3) is 5.69 Å². The van der Waals surface area contributed by atoms with Crippen molar-refractivity contribution in [2.24, 2.45) is 5.92 Å². The van der Waals surface area contributed by atoms with Gasteiger partial charge in [-0.2, -0.15) is 0 Å². The maximum absolute atomic E-state index is 3.93. The van der Waals surface area contributed by atoms with Gasteiger partial charge in [0.1, 0.15) is 6.33 Å². The summed E-state index contributed by atoms with van der Waals surface area (Å²) in [6.07, 6.45) is 4.22. The number of tetrazole rings is 1. The lowest BCUT2D eigenvalue weighted by molar-refractivity contribution is 0.691. The van der Waals surface area contributed by atoms with Gasteiger partial charge < -0.3 is 5.32 Å². The molecule has 2 heterocycles. The van der Waals surface area contributed by atoms with Crippen molar-refractivity contribution in [3.8, 4) is 5.69 Å². The minimum absolute atomic E-state index is 0.411. The summed E-state index contributed by atoms with van der Waals surface area (Å²) in [6.45, 7) is 0. The van der Waals surface area contributed by atoms with Crippen LogP contribution >= 0.6 is 11.3 Å². The van der Waals surface area contributed by atoms with Gasteiger partial charge in [0.05, 0.1) is 11.7 Å². The van der Waals surface area contributed by atoms with E-state index in [4.69, 9.17) is 0 Å². The topological polar surface area (TPSA) is 55.6 Å². The lowest BCUT2D eigenvalue weighted by Gasteiger charge is -2.18. The zero-order chi connectivity index (χ0) is 14.1. The third-order valence-corrected chi connectivity index (χ3v) is 4.68. The second-order valence-corrected chi connectivity index (χ2v) is 6.26. The van der Waals surface area contributed by atoms with Crippen molar-refractivity contribution in [2.45, 2.75) is 18.9 Å². The van der Waals surface area contributed by atoms with Gasteiger partial charge in [0, 0.05) is 10.6 Å². The van der Waals surface area contributed by atoms with E-state index in [9.17, 15) is 0 Å². The minimum atomic E-state index is 0.411. The Hall–Kier alpha value is -2.21. The Morgan fingerprint density at radius 1 is 1.24 bits per heavy atom. The predicted molar refractivity (Wildman–Crippen MR) is 82.6 cm³/mol. The van der Waals surface area contributed by atoms with E-state index < -0.39 is 0 Å². The minimum Gasteiger partial charge on any atom is -0.377 e. The van der Waals surface area contributed by atoms with Gasteiger partial charge in [0.15, 0.2) is 0 Å². The second kappa shape index (κ2) is 5.29.